The van der Waals surface area contributed by atoms with Crippen molar-refractivity contribution in [1.29, 1.82) is 0 Å². The molecule has 1 atom stereocenters. The Morgan fingerprint density at radius 3 is 2.44 bits per heavy atom. The van der Waals surface area contributed by atoms with E-state index in [-0.39, 0.29) is 11.7 Å². The van der Waals surface area contributed by atoms with Gasteiger partial charge in [0.25, 0.3) is 0 Å². The summed E-state index contributed by atoms with van der Waals surface area (Å²) in [5.74, 6) is -0.0600. The molecular weight excluding hydrogens is 422 g/mol. The number of aromatic nitrogens is 2. The molecule has 5 rings (SSSR count). The zero-order chi connectivity index (χ0) is 22.5. The first kappa shape index (κ1) is 20.4. The number of nitrogens with two attached hydrogens (primary N) is 1. The lowest BCUT2D eigenvalue weighted by Gasteiger charge is -2.21. The van der Waals surface area contributed by atoms with E-state index in [1.165, 1.54) is 0 Å². The molecule has 32 heavy (non-hydrogen) atoms. The van der Waals surface area contributed by atoms with Crippen LogP contribution in [0.1, 0.15) is 28.2 Å². The molecule has 3 N–H and O–H groups in total. The first-order valence-corrected chi connectivity index (χ1v) is 11.7. The van der Waals surface area contributed by atoms with Gasteiger partial charge in [0, 0.05) is 52.7 Å². The highest BCUT2D eigenvalue weighted by Crippen LogP contribution is 2.43. The predicted molar refractivity (Wildman–Crippen MR) is 127 cm³/mol. The van der Waals surface area contributed by atoms with Crippen LogP contribution in [-0.4, -0.2) is 18.0 Å². The van der Waals surface area contributed by atoms with E-state index in [9.17, 15) is 8.42 Å². The van der Waals surface area contributed by atoms with Crippen LogP contribution in [0.25, 0.3) is 21.8 Å². The molecule has 5 aromatic rings. The summed E-state index contributed by atoms with van der Waals surface area (Å²) in [4.78, 5) is 3.35. The second-order valence-electron chi connectivity index (χ2n) is 8.05. The molecule has 0 fully saturated rings. The predicted octanol–water partition coefficient (Wildman–Crippen LogP) is 4.73. The molecule has 0 aliphatic carbocycles. The molecule has 0 aliphatic rings. The number of hydrogen-bond donors (Lipinski definition) is 2. The molecule has 6 nitrogen and oxygen atoms in total. The van der Waals surface area contributed by atoms with Gasteiger partial charge in [-0.25, -0.2) is 0 Å². The number of aryl methyl sites for hydroxylation is 2. The summed E-state index contributed by atoms with van der Waals surface area (Å²) in [6.07, 6.45) is 4.08. The highest BCUT2D eigenvalue weighted by molar-refractivity contribution is 7.84. The number of rotatable bonds is 5. The monoisotopic (exact) mass is 445 g/mol. The summed E-state index contributed by atoms with van der Waals surface area (Å²) in [5.41, 5.74) is 5.91. The normalized spacial score (nSPS) is 13.0. The van der Waals surface area contributed by atoms with Gasteiger partial charge < -0.3 is 13.7 Å². The SMILES string of the molecule is Cc1ccc(OS(N)(=O)=O)c(C(c2c[nH]c3ccccc23)c2cn(C)c3ccccc23)c1. The third kappa shape index (κ3) is 3.55. The van der Waals surface area contributed by atoms with Gasteiger partial charge in [-0.2, -0.15) is 13.6 Å². The Balaban J connectivity index is 1.86. The van der Waals surface area contributed by atoms with E-state index >= 15 is 0 Å². The second-order valence-corrected chi connectivity index (χ2v) is 9.20. The summed E-state index contributed by atoms with van der Waals surface area (Å²) in [7, 11) is -2.18. The molecule has 0 saturated carbocycles. The van der Waals surface area contributed by atoms with E-state index in [1.54, 1.807) is 6.07 Å². The molecule has 7 heteroatoms. The highest BCUT2D eigenvalue weighted by Gasteiger charge is 2.27. The third-order valence-electron chi connectivity index (χ3n) is 5.85. The van der Waals surface area contributed by atoms with E-state index in [0.717, 1.165) is 44.1 Å². The van der Waals surface area contributed by atoms with Crippen molar-refractivity contribution >= 4 is 32.1 Å². The average molecular weight is 446 g/mol. The molecule has 3 aromatic carbocycles. The van der Waals surface area contributed by atoms with Crippen LogP contribution in [-0.2, 0) is 17.4 Å². The molecule has 0 saturated heterocycles. The van der Waals surface area contributed by atoms with Crippen LogP contribution in [0.4, 0.5) is 0 Å². The number of para-hydroxylation sites is 2. The van der Waals surface area contributed by atoms with Gasteiger partial charge in [-0.1, -0.05) is 54.1 Å². The minimum Gasteiger partial charge on any atom is -0.371 e. The largest absolute Gasteiger partial charge is 0.380 e. The maximum absolute atomic E-state index is 11.9. The van der Waals surface area contributed by atoms with Crippen LogP contribution in [0, 0.1) is 6.92 Å². The summed E-state index contributed by atoms with van der Waals surface area (Å²) >= 11 is 0. The zero-order valence-electron chi connectivity index (χ0n) is 17.7. The van der Waals surface area contributed by atoms with E-state index < -0.39 is 10.3 Å². The number of fused-ring (bicyclic) bond motifs is 2. The average Bonchev–Trinajstić information content (AvgIpc) is 3.32. The minimum atomic E-state index is -4.19. The van der Waals surface area contributed by atoms with Gasteiger partial charge in [0.2, 0.25) is 0 Å². The molecule has 0 spiro atoms. The maximum atomic E-state index is 11.9. The Kier molecular flexibility index (Phi) is 4.80. The Morgan fingerprint density at radius 1 is 0.938 bits per heavy atom. The van der Waals surface area contributed by atoms with Crippen molar-refractivity contribution in [2.75, 3.05) is 0 Å². The number of H-pyrrole nitrogens is 1. The summed E-state index contributed by atoms with van der Waals surface area (Å²) in [5, 5.41) is 7.41. The Bertz CT molecular complexity index is 1560. The molecule has 1 unspecified atom stereocenters. The van der Waals surface area contributed by atoms with Crippen molar-refractivity contribution in [3.05, 3.63) is 101 Å². The zero-order valence-corrected chi connectivity index (χ0v) is 18.6. The molecular formula is C25H23N3O3S. The Morgan fingerprint density at radius 2 is 1.66 bits per heavy atom. The maximum Gasteiger partial charge on any atom is 0.380 e. The lowest BCUT2D eigenvalue weighted by Crippen LogP contribution is -2.20. The summed E-state index contributed by atoms with van der Waals surface area (Å²) in [6, 6.07) is 21.7. The molecule has 0 radical (unpaired) electrons. The van der Waals surface area contributed by atoms with Gasteiger partial charge in [0.1, 0.15) is 5.75 Å². The van der Waals surface area contributed by atoms with Crippen molar-refractivity contribution in [3.63, 3.8) is 0 Å². The van der Waals surface area contributed by atoms with E-state index in [2.05, 4.69) is 33.9 Å². The number of hydrogen-bond acceptors (Lipinski definition) is 3. The fourth-order valence-corrected chi connectivity index (χ4v) is 4.94. The highest BCUT2D eigenvalue weighted by atomic mass is 32.2. The molecule has 2 aromatic heterocycles. The van der Waals surface area contributed by atoms with Crippen LogP contribution in [0.3, 0.4) is 0 Å². The topological polar surface area (TPSA) is 90.1 Å². The number of benzene rings is 3. The smallest absolute Gasteiger partial charge is 0.371 e. The van der Waals surface area contributed by atoms with Crippen molar-refractivity contribution in [2.24, 2.45) is 12.2 Å². The van der Waals surface area contributed by atoms with Crippen LogP contribution >= 0.6 is 0 Å². The van der Waals surface area contributed by atoms with Gasteiger partial charge in [-0.15, -0.1) is 0 Å². The van der Waals surface area contributed by atoms with Gasteiger partial charge in [0.15, 0.2) is 0 Å². The van der Waals surface area contributed by atoms with Gasteiger partial charge >= 0.3 is 10.3 Å². The van der Waals surface area contributed by atoms with E-state index in [4.69, 9.17) is 9.32 Å². The van der Waals surface area contributed by atoms with Crippen molar-refractivity contribution in [3.8, 4) is 5.75 Å². The lowest BCUT2D eigenvalue weighted by molar-refractivity contribution is 0.484. The first-order chi connectivity index (χ1) is 15.3. The van der Waals surface area contributed by atoms with Gasteiger partial charge in [-0.3, -0.25) is 0 Å². The van der Waals surface area contributed by atoms with Crippen molar-refractivity contribution < 1.29 is 12.6 Å². The summed E-state index contributed by atoms with van der Waals surface area (Å²) < 4.78 is 31.1. The second kappa shape index (κ2) is 7.55. The van der Waals surface area contributed by atoms with Crippen LogP contribution in [0.2, 0.25) is 0 Å². The standard InChI is InChI=1S/C25H23N3O3S/c1-16-11-12-24(31-32(26,29)30)19(13-16)25(20-14-27-22-9-5-3-7-17(20)22)21-15-28(2)23-10-6-4-8-18(21)23/h3-15,25,27H,1-2H3,(H2,26,29,30). The van der Waals surface area contributed by atoms with E-state index in [1.807, 2.05) is 62.6 Å². The van der Waals surface area contributed by atoms with E-state index in [0.29, 0.717) is 0 Å². The molecule has 162 valence electrons. The molecule has 0 bridgehead atoms. The number of aromatic amines is 1. The Labute approximate surface area is 186 Å². The number of nitrogens with one attached hydrogen (secondary N) is 1. The third-order valence-corrected chi connectivity index (χ3v) is 6.27. The molecule has 0 amide bonds. The molecule has 2 heterocycles. The number of nitrogens with zero attached hydrogens (tertiary/aromatic N) is 1. The fourth-order valence-electron chi connectivity index (χ4n) is 4.53. The fraction of sp³-hybridized carbons (Fsp3) is 0.120. The molecule has 0 aliphatic heterocycles. The van der Waals surface area contributed by atoms with Crippen molar-refractivity contribution in [2.45, 2.75) is 12.8 Å². The van der Waals surface area contributed by atoms with Crippen LogP contribution in [0.15, 0.2) is 79.1 Å². The Hall–Kier alpha value is -3.55. The first-order valence-electron chi connectivity index (χ1n) is 10.2. The van der Waals surface area contributed by atoms with Gasteiger partial charge in [0.05, 0.1) is 0 Å². The van der Waals surface area contributed by atoms with Crippen molar-refractivity contribution in [1.82, 2.24) is 9.55 Å². The lowest BCUT2D eigenvalue weighted by atomic mass is 9.83. The quantitative estimate of drug-likeness (QED) is 0.410. The van der Waals surface area contributed by atoms with Gasteiger partial charge in [-0.05, 0) is 36.2 Å². The van der Waals surface area contributed by atoms with Crippen LogP contribution in [0.5, 0.6) is 5.75 Å². The summed E-state index contributed by atoms with van der Waals surface area (Å²) in [6.45, 7) is 1.97. The minimum absolute atomic E-state index is 0.223. The van der Waals surface area contributed by atoms with Crippen LogP contribution < -0.4 is 9.32 Å².